The van der Waals surface area contributed by atoms with Crippen LogP contribution in [0.5, 0.6) is 0 Å². The van der Waals surface area contributed by atoms with E-state index in [9.17, 15) is 4.79 Å². The first-order valence-electron chi connectivity index (χ1n) is 9.42. The zero-order valence-corrected chi connectivity index (χ0v) is 15.6. The number of rotatable bonds is 7. The van der Waals surface area contributed by atoms with E-state index in [2.05, 4.69) is 32.3 Å². The van der Waals surface area contributed by atoms with Crippen LogP contribution in [0, 0.1) is 5.92 Å². The van der Waals surface area contributed by atoms with Crippen LogP contribution in [0.1, 0.15) is 44.6 Å². The molecule has 0 radical (unpaired) electrons. The summed E-state index contributed by atoms with van der Waals surface area (Å²) in [4.78, 5) is 23.2. The van der Waals surface area contributed by atoms with Gasteiger partial charge in [-0.1, -0.05) is 32.3 Å². The van der Waals surface area contributed by atoms with Gasteiger partial charge in [0.25, 0.3) is 0 Å². The second-order valence-electron chi connectivity index (χ2n) is 7.13. The third-order valence-corrected chi connectivity index (χ3v) is 5.15. The normalized spacial score (nSPS) is 16.2. The summed E-state index contributed by atoms with van der Waals surface area (Å²) in [5.74, 6) is 0.812. The van der Waals surface area contributed by atoms with Gasteiger partial charge < -0.3 is 10.2 Å². The predicted molar refractivity (Wildman–Crippen MR) is 101 cm³/mol. The number of pyridine rings is 1. The van der Waals surface area contributed by atoms with Crippen molar-refractivity contribution < 1.29 is 4.79 Å². The zero-order chi connectivity index (χ0) is 18.4. The quantitative estimate of drug-likeness (QED) is 0.824. The maximum absolute atomic E-state index is 12.4. The second-order valence-corrected chi connectivity index (χ2v) is 7.13. The van der Waals surface area contributed by atoms with Gasteiger partial charge in [0.1, 0.15) is 18.5 Å². The summed E-state index contributed by atoms with van der Waals surface area (Å²) in [6.45, 7) is 2.91. The molecule has 1 atom stereocenters. The van der Waals surface area contributed by atoms with E-state index in [1.54, 1.807) is 11.0 Å². The minimum atomic E-state index is -0.173. The fourth-order valence-corrected chi connectivity index (χ4v) is 3.57. The Hall–Kier alpha value is -2.44. The molecule has 1 fully saturated rings. The summed E-state index contributed by atoms with van der Waals surface area (Å²) < 4.78 is 1.68. The third-order valence-electron chi connectivity index (χ3n) is 5.15. The van der Waals surface area contributed by atoms with Gasteiger partial charge in [0.15, 0.2) is 0 Å². The molecule has 7 nitrogen and oxygen atoms in total. The molecule has 3 rings (SSSR count). The van der Waals surface area contributed by atoms with Crippen LogP contribution in [-0.4, -0.2) is 38.7 Å². The van der Waals surface area contributed by atoms with Gasteiger partial charge in [-0.25, -0.2) is 9.97 Å². The molecule has 1 unspecified atom stereocenters. The van der Waals surface area contributed by atoms with E-state index in [1.165, 1.54) is 38.4 Å². The maximum Gasteiger partial charge on any atom is 0.224 e. The maximum atomic E-state index is 12.4. The number of hydrogen-bond acceptors (Lipinski definition) is 5. The Kier molecular flexibility index (Phi) is 6.20. The van der Waals surface area contributed by atoms with Crippen LogP contribution in [0.4, 0.5) is 5.82 Å². The van der Waals surface area contributed by atoms with Gasteiger partial charge in [0, 0.05) is 31.4 Å². The van der Waals surface area contributed by atoms with Crippen molar-refractivity contribution in [2.75, 3.05) is 11.9 Å². The highest BCUT2D eigenvalue weighted by molar-refractivity contribution is 5.78. The summed E-state index contributed by atoms with van der Waals surface area (Å²) in [7, 11) is 2.12. The average molecular weight is 356 g/mol. The van der Waals surface area contributed by atoms with Crippen LogP contribution in [-0.2, 0) is 17.9 Å². The van der Waals surface area contributed by atoms with Gasteiger partial charge >= 0.3 is 0 Å². The smallest absolute Gasteiger partial charge is 0.224 e. The van der Waals surface area contributed by atoms with Gasteiger partial charge in [0.05, 0.1) is 12.5 Å². The van der Waals surface area contributed by atoms with E-state index in [0.29, 0.717) is 19.1 Å². The molecule has 7 heteroatoms. The Balaban J connectivity index is 1.60. The minimum absolute atomic E-state index is 0.00984. The SMILES string of the molecule is CC(Cn1cncn1)C(=O)NCc1cccnc1N(C)C1CCCCC1. The highest BCUT2D eigenvalue weighted by Gasteiger charge is 2.21. The molecule has 2 heterocycles. The molecule has 0 aliphatic heterocycles. The van der Waals surface area contributed by atoms with E-state index in [1.807, 2.05) is 25.3 Å². The molecule has 1 aliphatic rings. The van der Waals surface area contributed by atoms with Gasteiger partial charge in [0.2, 0.25) is 5.91 Å². The van der Waals surface area contributed by atoms with E-state index < -0.39 is 0 Å². The molecular formula is C19H28N6O. The molecule has 1 amide bonds. The van der Waals surface area contributed by atoms with Gasteiger partial charge in [-0.3, -0.25) is 9.48 Å². The monoisotopic (exact) mass is 356 g/mol. The number of amides is 1. The van der Waals surface area contributed by atoms with Crippen LogP contribution in [0.2, 0.25) is 0 Å². The largest absolute Gasteiger partial charge is 0.356 e. The van der Waals surface area contributed by atoms with Gasteiger partial charge in [-0.05, 0) is 18.9 Å². The molecule has 26 heavy (non-hydrogen) atoms. The predicted octanol–water partition coefficient (Wildman–Crippen LogP) is 2.39. The minimum Gasteiger partial charge on any atom is -0.356 e. The highest BCUT2D eigenvalue weighted by atomic mass is 16.1. The fourth-order valence-electron chi connectivity index (χ4n) is 3.57. The summed E-state index contributed by atoms with van der Waals surface area (Å²) in [6.07, 6.45) is 11.3. The summed E-state index contributed by atoms with van der Waals surface area (Å²) in [5, 5.41) is 7.10. The van der Waals surface area contributed by atoms with E-state index in [0.717, 1.165) is 11.4 Å². The van der Waals surface area contributed by atoms with Crippen molar-refractivity contribution in [1.29, 1.82) is 0 Å². The lowest BCUT2D eigenvalue weighted by Gasteiger charge is -2.33. The molecule has 2 aromatic heterocycles. The van der Waals surface area contributed by atoms with E-state index >= 15 is 0 Å². The summed E-state index contributed by atoms with van der Waals surface area (Å²) in [5.41, 5.74) is 1.06. The molecule has 140 valence electrons. The number of carbonyl (C=O) groups is 1. The van der Waals surface area contributed by atoms with Crippen LogP contribution in [0.3, 0.4) is 0 Å². The summed E-state index contributed by atoms with van der Waals surface area (Å²) >= 11 is 0. The van der Waals surface area contributed by atoms with Crippen molar-refractivity contribution >= 4 is 11.7 Å². The molecule has 0 bridgehead atoms. The zero-order valence-electron chi connectivity index (χ0n) is 15.6. The van der Waals surface area contributed by atoms with E-state index in [-0.39, 0.29) is 11.8 Å². The lowest BCUT2D eigenvalue weighted by atomic mass is 9.94. The fraction of sp³-hybridized carbons (Fsp3) is 0.579. The van der Waals surface area contributed by atoms with Crippen molar-refractivity contribution in [3.8, 4) is 0 Å². The van der Waals surface area contributed by atoms with E-state index in [4.69, 9.17) is 0 Å². The van der Waals surface area contributed by atoms with Gasteiger partial charge in [-0.2, -0.15) is 5.10 Å². The molecule has 1 saturated carbocycles. The summed E-state index contributed by atoms with van der Waals surface area (Å²) in [6, 6.07) is 4.52. The van der Waals surface area contributed by atoms with Crippen molar-refractivity contribution in [3.05, 3.63) is 36.5 Å². The molecule has 0 saturated heterocycles. The first kappa shape index (κ1) is 18.4. The standard InChI is InChI=1S/C19H28N6O/c1-15(12-25-14-20-13-23-25)19(26)22-11-16-7-6-10-21-18(16)24(2)17-8-4-3-5-9-17/h6-7,10,13-15,17H,3-5,8-9,11-12H2,1-2H3,(H,22,26). The topological polar surface area (TPSA) is 75.9 Å². The molecular weight excluding hydrogens is 328 g/mol. The number of carbonyl (C=O) groups excluding carboxylic acids is 1. The molecule has 0 spiro atoms. The Morgan fingerprint density at radius 2 is 2.19 bits per heavy atom. The number of anilines is 1. The number of hydrogen-bond donors (Lipinski definition) is 1. The van der Waals surface area contributed by atoms with Crippen molar-refractivity contribution in [2.24, 2.45) is 5.92 Å². The number of nitrogens with zero attached hydrogens (tertiary/aromatic N) is 5. The van der Waals surface area contributed by atoms with Crippen LogP contribution >= 0.6 is 0 Å². The van der Waals surface area contributed by atoms with Gasteiger partial charge in [-0.15, -0.1) is 0 Å². The molecule has 0 aromatic carbocycles. The van der Waals surface area contributed by atoms with Crippen molar-refractivity contribution in [2.45, 2.75) is 58.2 Å². The lowest BCUT2D eigenvalue weighted by molar-refractivity contribution is -0.125. The Bertz CT molecular complexity index is 696. The van der Waals surface area contributed by atoms with Crippen molar-refractivity contribution in [3.63, 3.8) is 0 Å². The number of nitrogens with one attached hydrogen (secondary N) is 1. The van der Waals surface area contributed by atoms with Crippen LogP contribution in [0.25, 0.3) is 0 Å². The molecule has 2 aromatic rings. The first-order chi connectivity index (χ1) is 12.6. The Morgan fingerprint density at radius 3 is 2.92 bits per heavy atom. The Labute approximate surface area is 154 Å². The second kappa shape index (κ2) is 8.78. The molecule has 1 N–H and O–H groups in total. The first-order valence-corrected chi connectivity index (χ1v) is 9.42. The number of aromatic nitrogens is 4. The van der Waals surface area contributed by atoms with Crippen LogP contribution in [0.15, 0.2) is 31.0 Å². The third kappa shape index (κ3) is 4.59. The highest BCUT2D eigenvalue weighted by Crippen LogP contribution is 2.26. The van der Waals surface area contributed by atoms with Crippen LogP contribution < -0.4 is 10.2 Å². The van der Waals surface area contributed by atoms with Crippen molar-refractivity contribution in [1.82, 2.24) is 25.1 Å². The Morgan fingerprint density at radius 1 is 1.38 bits per heavy atom. The average Bonchev–Trinajstić information content (AvgIpc) is 3.19. The molecule has 1 aliphatic carbocycles. The lowest BCUT2D eigenvalue weighted by Crippen LogP contribution is -2.36.